The van der Waals surface area contributed by atoms with E-state index in [-0.39, 0.29) is 0 Å². The molecule has 104 valence electrons. The summed E-state index contributed by atoms with van der Waals surface area (Å²) in [4.78, 5) is 4.83. The minimum Gasteiger partial charge on any atom is -0.389 e. The average molecular weight is 303 g/mol. The van der Waals surface area contributed by atoms with Gasteiger partial charge in [0.25, 0.3) is 0 Å². The number of benzene rings is 1. The zero-order valence-electron chi connectivity index (χ0n) is 11.1. The summed E-state index contributed by atoms with van der Waals surface area (Å²) >= 11 is 7.18. The Bertz CT molecular complexity index is 636. The van der Waals surface area contributed by atoms with Gasteiger partial charge in [0.15, 0.2) is 0 Å². The second-order valence-electron chi connectivity index (χ2n) is 5.04. The topological polar surface area (TPSA) is 50.9 Å². The molecule has 1 aromatic carbocycles. The maximum Gasteiger partial charge on any atom is 0.107 e. The molecule has 1 fully saturated rings. The third-order valence-corrected chi connectivity index (χ3v) is 5.08. The van der Waals surface area contributed by atoms with Crippen molar-refractivity contribution in [3.63, 3.8) is 0 Å². The number of thioether (sulfide) groups is 1. The van der Waals surface area contributed by atoms with E-state index in [4.69, 9.17) is 18.0 Å². The molecule has 1 atom stereocenters. The van der Waals surface area contributed by atoms with Crippen molar-refractivity contribution in [2.45, 2.75) is 6.42 Å². The van der Waals surface area contributed by atoms with Gasteiger partial charge in [-0.25, -0.2) is 0 Å². The summed E-state index contributed by atoms with van der Waals surface area (Å²) in [5.74, 6) is 3.23. The van der Waals surface area contributed by atoms with Crippen molar-refractivity contribution in [3.8, 4) is 0 Å². The fraction of sp³-hybridized carbons (Fsp3) is 0.333. The van der Waals surface area contributed by atoms with Crippen molar-refractivity contribution in [1.82, 2.24) is 4.98 Å². The third kappa shape index (κ3) is 2.74. The lowest BCUT2D eigenvalue weighted by atomic mass is 10.1. The Morgan fingerprint density at radius 1 is 1.45 bits per heavy atom. The lowest BCUT2D eigenvalue weighted by molar-refractivity contribution is 0.632. The van der Waals surface area contributed by atoms with E-state index in [9.17, 15) is 0 Å². The molecule has 1 aromatic heterocycles. The number of hydrogen-bond donors (Lipinski definition) is 2. The fourth-order valence-electron chi connectivity index (χ4n) is 2.51. The SMILES string of the molecule is NC(=S)c1cnc2ccccc2c1NCC1CCSC1. The van der Waals surface area contributed by atoms with Crippen LogP contribution in [0.3, 0.4) is 0 Å². The lowest BCUT2D eigenvalue weighted by Gasteiger charge is -2.16. The maximum atomic E-state index is 5.84. The molecular formula is C15H17N3S2. The van der Waals surface area contributed by atoms with Gasteiger partial charge in [0.1, 0.15) is 4.99 Å². The van der Waals surface area contributed by atoms with E-state index in [1.54, 1.807) is 6.20 Å². The molecule has 0 bridgehead atoms. The number of aromatic nitrogens is 1. The number of nitrogens with two attached hydrogens (primary N) is 1. The van der Waals surface area contributed by atoms with Crippen molar-refractivity contribution in [2.75, 3.05) is 23.4 Å². The monoisotopic (exact) mass is 303 g/mol. The highest BCUT2D eigenvalue weighted by Crippen LogP contribution is 2.28. The van der Waals surface area contributed by atoms with Crippen LogP contribution in [0, 0.1) is 5.92 Å². The molecule has 0 aliphatic carbocycles. The Kier molecular flexibility index (Phi) is 4.08. The zero-order valence-corrected chi connectivity index (χ0v) is 12.8. The minimum atomic E-state index is 0.395. The zero-order chi connectivity index (χ0) is 13.9. The van der Waals surface area contributed by atoms with Gasteiger partial charge in [-0.1, -0.05) is 30.4 Å². The number of anilines is 1. The normalized spacial score (nSPS) is 18.3. The largest absolute Gasteiger partial charge is 0.389 e. The van der Waals surface area contributed by atoms with Crippen LogP contribution in [0.4, 0.5) is 5.69 Å². The van der Waals surface area contributed by atoms with Crippen LogP contribution < -0.4 is 11.1 Å². The molecule has 3 N–H and O–H groups in total. The van der Waals surface area contributed by atoms with E-state index in [1.165, 1.54) is 17.9 Å². The van der Waals surface area contributed by atoms with Crippen LogP contribution in [-0.4, -0.2) is 28.0 Å². The van der Waals surface area contributed by atoms with Gasteiger partial charge in [0, 0.05) is 18.1 Å². The van der Waals surface area contributed by atoms with Gasteiger partial charge in [-0.05, 0) is 29.9 Å². The summed E-state index contributed by atoms with van der Waals surface area (Å²) in [6, 6.07) is 8.09. The van der Waals surface area contributed by atoms with Crippen LogP contribution in [0.1, 0.15) is 12.0 Å². The van der Waals surface area contributed by atoms with E-state index in [0.29, 0.717) is 4.99 Å². The molecule has 0 saturated carbocycles. The molecular weight excluding hydrogens is 286 g/mol. The molecule has 3 rings (SSSR count). The molecule has 1 aliphatic rings. The second kappa shape index (κ2) is 5.97. The van der Waals surface area contributed by atoms with Crippen LogP contribution in [0.15, 0.2) is 30.5 Å². The van der Waals surface area contributed by atoms with Crippen molar-refractivity contribution in [2.24, 2.45) is 11.7 Å². The predicted molar refractivity (Wildman–Crippen MR) is 91.6 cm³/mol. The minimum absolute atomic E-state index is 0.395. The average Bonchev–Trinajstić information content (AvgIpc) is 2.97. The van der Waals surface area contributed by atoms with Crippen molar-refractivity contribution < 1.29 is 0 Å². The molecule has 0 radical (unpaired) electrons. The van der Waals surface area contributed by atoms with Gasteiger partial charge >= 0.3 is 0 Å². The molecule has 1 aliphatic heterocycles. The summed E-state index contributed by atoms with van der Waals surface area (Å²) in [7, 11) is 0. The molecule has 3 nitrogen and oxygen atoms in total. The van der Waals surface area contributed by atoms with Gasteiger partial charge in [-0.15, -0.1) is 0 Å². The molecule has 1 saturated heterocycles. The van der Waals surface area contributed by atoms with Gasteiger partial charge in [0.05, 0.1) is 16.8 Å². The first-order valence-electron chi connectivity index (χ1n) is 6.75. The highest BCUT2D eigenvalue weighted by Gasteiger charge is 2.17. The fourth-order valence-corrected chi connectivity index (χ4v) is 3.95. The second-order valence-corrected chi connectivity index (χ2v) is 6.63. The summed E-state index contributed by atoms with van der Waals surface area (Å²) < 4.78 is 0. The number of thiocarbonyl (C=S) groups is 1. The van der Waals surface area contributed by atoms with Crippen LogP contribution in [0.2, 0.25) is 0 Å². The molecule has 5 heteroatoms. The summed E-state index contributed by atoms with van der Waals surface area (Å²) in [5.41, 5.74) is 8.67. The number of fused-ring (bicyclic) bond motifs is 1. The number of rotatable bonds is 4. The van der Waals surface area contributed by atoms with Crippen LogP contribution in [-0.2, 0) is 0 Å². The Morgan fingerprint density at radius 3 is 3.05 bits per heavy atom. The molecule has 2 aromatic rings. The Hall–Kier alpha value is -1.33. The van der Waals surface area contributed by atoms with Gasteiger partial charge < -0.3 is 11.1 Å². The van der Waals surface area contributed by atoms with Gasteiger partial charge in [0.2, 0.25) is 0 Å². The number of nitrogens with zero attached hydrogens (tertiary/aromatic N) is 1. The number of pyridine rings is 1. The summed E-state index contributed by atoms with van der Waals surface area (Å²) in [6.45, 7) is 0.969. The van der Waals surface area contributed by atoms with E-state index in [1.807, 2.05) is 30.0 Å². The van der Waals surface area contributed by atoms with Crippen LogP contribution in [0.5, 0.6) is 0 Å². The molecule has 0 spiro atoms. The first-order valence-corrected chi connectivity index (χ1v) is 8.31. The molecule has 20 heavy (non-hydrogen) atoms. The number of hydrogen-bond acceptors (Lipinski definition) is 4. The van der Waals surface area contributed by atoms with E-state index >= 15 is 0 Å². The lowest BCUT2D eigenvalue weighted by Crippen LogP contribution is -2.18. The van der Waals surface area contributed by atoms with Gasteiger partial charge in [-0.2, -0.15) is 11.8 Å². The Balaban J connectivity index is 1.96. The Labute approximate surface area is 128 Å². The summed E-state index contributed by atoms with van der Waals surface area (Å²) in [6.07, 6.45) is 3.06. The first kappa shape index (κ1) is 13.6. The maximum absolute atomic E-state index is 5.84. The van der Waals surface area contributed by atoms with E-state index in [2.05, 4.69) is 16.4 Å². The molecule has 2 heterocycles. The van der Waals surface area contributed by atoms with E-state index in [0.717, 1.165) is 34.6 Å². The van der Waals surface area contributed by atoms with Crippen LogP contribution >= 0.6 is 24.0 Å². The first-order chi connectivity index (χ1) is 9.75. The highest BCUT2D eigenvalue weighted by molar-refractivity contribution is 7.99. The number of para-hydroxylation sites is 1. The standard InChI is InChI=1S/C15H17N3S2/c16-15(19)12-8-17-13-4-2-1-3-11(13)14(12)18-7-10-5-6-20-9-10/h1-4,8,10H,5-7,9H2,(H2,16,19)(H,17,18). The highest BCUT2D eigenvalue weighted by atomic mass is 32.2. The van der Waals surface area contributed by atoms with E-state index < -0.39 is 0 Å². The Morgan fingerprint density at radius 2 is 2.30 bits per heavy atom. The number of nitrogens with one attached hydrogen (secondary N) is 1. The predicted octanol–water partition coefficient (Wildman–Crippen LogP) is 3.03. The van der Waals surface area contributed by atoms with Gasteiger partial charge in [-0.3, -0.25) is 4.98 Å². The quantitative estimate of drug-likeness (QED) is 0.850. The third-order valence-electron chi connectivity index (χ3n) is 3.63. The molecule has 1 unspecified atom stereocenters. The van der Waals surface area contributed by atoms with Crippen molar-refractivity contribution in [3.05, 3.63) is 36.0 Å². The van der Waals surface area contributed by atoms with Crippen molar-refractivity contribution >= 4 is 45.6 Å². The van der Waals surface area contributed by atoms with Crippen LogP contribution in [0.25, 0.3) is 10.9 Å². The smallest absolute Gasteiger partial charge is 0.107 e. The molecule has 0 amide bonds. The van der Waals surface area contributed by atoms with Crippen molar-refractivity contribution in [1.29, 1.82) is 0 Å². The summed E-state index contributed by atoms with van der Waals surface area (Å²) in [5, 5.41) is 4.65.